The third-order valence-electron chi connectivity index (χ3n) is 10.3. The van der Waals surface area contributed by atoms with Crippen molar-refractivity contribution >= 4 is 46.7 Å². The number of carbonyl (C=O) groups excluding carboxylic acids is 4. The highest BCUT2D eigenvalue weighted by atomic mass is 35.5. The number of anilines is 2. The molecule has 2 amide bonds. The van der Waals surface area contributed by atoms with Gasteiger partial charge in [-0.1, -0.05) is 39.3 Å². The molecule has 2 atom stereocenters. The van der Waals surface area contributed by atoms with Crippen molar-refractivity contribution in [2.45, 2.75) is 88.1 Å². The smallest absolute Gasteiger partial charge is 0.426 e. The number of benzene rings is 4. The molecule has 0 fully saturated rings. The van der Waals surface area contributed by atoms with Crippen molar-refractivity contribution < 1.29 is 79.8 Å². The SMILES string of the molecule is CC(C)(CC(O)(C(=O)Nc1ccc2c(c1)COC2=O)C(F)(F)F)c1cc(Cl)ccc1O.CC(C)(CC(O)(C(=O)Nc1ccc2c(c1)COC2=O)C(F)(F)F)c1cc(F)ccc1O. The van der Waals surface area contributed by atoms with Gasteiger partial charge in [0, 0.05) is 51.5 Å². The maximum Gasteiger partial charge on any atom is 0.426 e. The van der Waals surface area contributed by atoms with Crippen molar-refractivity contribution in [1.29, 1.82) is 0 Å². The van der Waals surface area contributed by atoms with E-state index in [0.717, 1.165) is 18.2 Å². The van der Waals surface area contributed by atoms with Crippen LogP contribution in [-0.2, 0) is 43.1 Å². The van der Waals surface area contributed by atoms with Gasteiger partial charge in [-0.2, -0.15) is 26.3 Å². The van der Waals surface area contributed by atoms with E-state index in [1.165, 1.54) is 82.3 Å². The van der Waals surface area contributed by atoms with Crippen LogP contribution in [0.4, 0.5) is 42.1 Å². The fraction of sp³-hybridized carbons (Fsp3) is 0.333. The number of carbonyl (C=O) groups is 4. The van der Waals surface area contributed by atoms with Gasteiger partial charge in [-0.15, -0.1) is 0 Å². The van der Waals surface area contributed by atoms with E-state index in [0.29, 0.717) is 11.1 Å². The number of rotatable bonds is 10. The molecule has 332 valence electrons. The fourth-order valence-corrected chi connectivity index (χ4v) is 7.25. The summed E-state index contributed by atoms with van der Waals surface area (Å²) < 4.78 is 106. The molecule has 2 aliphatic rings. The Bertz CT molecular complexity index is 2270. The van der Waals surface area contributed by atoms with Crippen LogP contribution in [0.1, 0.15) is 83.5 Å². The van der Waals surface area contributed by atoms with E-state index < -0.39 is 82.5 Å². The van der Waals surface area contributed by atoms with E-state index in [1.54, 1.807) is 0 Å². The number of hydrogen-bond donors (Lipinski definition) is 6. The highest BCUT2D eigenvalue weighted by Gasteiger charge is 2.62. The molecule has 0 aliphatic carbocycles. The zero-order valence-corrected chi connectivity index (χ0v) is 33.8. The minimum Gasteiger partial charge on any atom is -0.508 e. The molecule has 0 bridgehead atoms. The van der Waals surface area contributed by atoms with Crippen LogP contribution in [0.15, 0.2) is 72.8 Å². The van der Waals surface area contributed by atoms with Crippen molar-refractivity contribution in [3.05, 3.63) is 117 Å². The third-order valence-corrected chi connectivity index (χ3v) is 10.6. The quantitative estimate of drug-likeness (QED) is 0.0670. The molecule has 0 aromatic heterocycles. The van der Waals surface area contributed by atoms with Crippen molar-refractivity contribution in [2.75, 3.05) is 10.6 Å². The summed E-state index contributed by atoms with van der Waals surface area (Å²) in [5.74, 6) is -6.19. The van der Waals surface area contributed by atoms with Crippen molar-refractivity contribution in [1.82, 2.24) is 0 Å². The molecule has 0 spiro atoms. The summed E-state index contributed by atoms with van der Waals surface area (Å²) in [7, 11) is 0. The minimum absolute atomic E-state index is 0.0341. The first-order valence-electron chi connectivity index (χ1n) is 18.3. The molecule has 12 nitrogen and oxygen atoms in total. The Kier molecular flexibility index (Phi) is 12.7. The number of phenolic OH excluding ortho intramolecular Hbond substituents is 2. The van der Waals surface area contributed by atoms with Gasteiger partial charge in [0.05, 0.1) is 11.1 Å². The lowest BCUT2D eigenvalue weighted by Crippen LogP contribution is -2.57. The molecule has 4 aromatic carbocycles. The number of esters is 2. The first-order valence-corrected chi connectivity index (χ1v) is 18.7. The number of cyclic esters (lactones) is 2. The minimum atomic E-state index is -5.38. The van der Waals surface area contributed by atoms with Gasteiger partial charge in [0.2, 0.25) is 11.2 Å². The topological polar surface area (TPSA) is 192 Å². The van der Waals surface area contributed by atoms with Crippen LogP contribution in [-0.4, -0.2) is 67.7 Å². The Morgan fingerprint density at radius 1 is 0.629 bits per heavy atom. The number of aromatic hydroxyl groups is 2. The molecule has 20 heteroatoms. The second-order valence-electron chi connectivity index (χ2n) is 16.0. The lowest BCUT2D eigenvalue weighted by Gasteiger charge is -2.37. The Labute approximate surface area is 353 Å². The maximum absolute atomic E-state index is 13.9. The number of alkyl halides is 6. The number of nitrogens with one attached hydrogen (secondary N) is 2. The van der Waals surface area contributed by atoms with Crippen molar-refractivity contribution in [3.63, 3.8) is 0 Å². The number of amides is 2. The molecule has 6 N–H and O–H groups in total. The molecule has 0 saturated heterocycles. The predicted octanol–water partition coefficient (Wildman–Crippen LogP) is 8.12. The van der Waals surface area contributed by atoms with Crippen LogP contribution in [0, 0.1) is 5.82 Å². The summed E-state index contributed by atoms with van der Waals surface area (Å²) in [6.07, 6.45) is -13.0. The lowest BCUT2D eigenvalue weighted by atomic mass is 9.74. The summed E-state index contributed by atoms with van der Waals surface area (Å²) in [6.45, 7) is 5.02. The van der Waals surface area contributed by atoms with Crippen LogP contribution >= 0.6 is 11.6 Å². The monoisotopic (exact) mass is 898 g/mol. The third kappa shape index (κ3) is 9.59. The van der Waals surface area contributed by atoms with Crippen LogP contribution < -0.4 is 10.6 Å². The number of hydrogen-bond acceptors (Lipinski definition) is 10. The van der Waals surface area contributed by atoms with Crippen LogP contribution in [0.3, 0.4) is 0 Å². The van der Waals surface area contributed by atoms with Gasteiger partial charge in [-0.05, 0) is 83.6 Å². The summed E-state index contributed by atoms with van der Waals surface area (Å²) in [5, 5.41) is 45.4. The van der Waals surface area contributed by atoms with Gasteiger partial charge in [0.25, 0.3) is 11.8 Å². The summed E-state index contributed by atoms with van der Waals surface area (Å²) in [5.41, 5.74) is -9.78. The van der Waals surface area contributed by atoms with E-state index >= 15 is 0 Å². The number of halogens is 8. The summed E-state index contributed by atoms with van der Waals surface area (Å²) in [4.78, 5) is 48.2. The van der Waals surface area contributed by atoms with Gasteiger partial charge in [0.1, 0.15) is 30.5 Å². The van der Waals surface area contributed by atoms with E-state index in [1.807, 2.05) is 5.32 Å². The Balaban J connectivity index is 0.000000234. The Hall–Kier alpha value is -5.92. The van der Waals surface area contributed by atoms with Crippen LogP contribution in [0.2, 0.25) is 5.02 Å². The Morgan fingerprint density at radius 3 is 1.42 bits per heavy atom. The number of ether oxygens (including phenoxy) is 2. The van der Waals surface area contributed by atoms with E-state index in [2.05, 4.69) is 5.32 Å². The zero-order valence-electron chi connectivity index (χ0n) is 33.0. The van der Waals surface area contributed by atoms with Gasteiger partial charge in [-0.3, -0.25) is 9.59 Å². The number of fused-ring (bicyclic) bond motifs is 2. The standard InChI is InChI=1S/C21H19ClF3NO5.C21H19F4NO5/c2*1-19(2,15-8-12(22)3-6-16(15)27)10-20(30,21(23,24)25)18(29)26-13-4-5-14-11(7-13)9-31-17(14)28/h2*3-8,27,30H,9-10H2,1-2H3,(H,26,29). The first kappa shape index (κ1) is 47.1. The molecule has 2 unspecified atom stereocenters. The van der Waals surface area contributed by atoms with Crippen LogP contribution in [0.5, 0.6) is 11.5 Å². The second-order valence-corrected chi connectivity index (χ2v) is 16.4. The second kappa shape index (κ2) is 16.7. The molecule has 2 heterocycles. The molecular formula is C42H38ClF7N2O10. The first-order chi connectivity index (χ1) is 28.5. The van der Waals surface area contributed by atoms with Gasteiger partial charge < -0.3 is 40.5 Å². The number of aliphatic hydroxyl groups is 2. The average molecular weight is 899 g/mol. The lowest BCUT2D eigenvalue weighted by molar-refractivity contribution is -0.255. The summed E-state index contributed by atoms with van der Waals surface area (Å²) in [6, 6.07) is 14.3. The highest BCUT2D eigenvalue weighted by molar-refractivity contribution is 6.30. The van der Waals surface area contributed by atoms with Crippen molar-refractivity contribution in [3.8, 4) is 11.5 Å². The molecular weight excluding hydrogens is 861 g/mol. The van der Waals surface area contributed by atoms with Gasteiger partial charge in [0.15, 0.2) is 0 Å². The maximum atomic E-state index is 13.9. The molecule has 6 rings (SSSR count). The predicted molar refractivity (Wildman–Crippen MR) is 207 cm³/mol. The fourth-order valence-electron chi connectivity index (χ4n) is 7.08. The van der Waals surface area contributed by atoms with E-state index in [9.17, 15) is 70.3 Å². The van der Waals surface area contributed by atoms with Crippen molar-refractivity contribution in [2.24, 2.45) is 0 Å². The average Bonchev–Trinajstić information content (AvgIpc) is 3.72. The Morgan fingerprint density at radius 2 is 1.02 bits per heavy atom. The highest BCUT2D eigenvalue weighted by Crippen LogP contribution is 2.46. The van der Waals surface area contributed by atoms with Crippen LogP contribution in [0.25, 0.3) is 0 Å². The molecule has 0 saturated carbocycles. The largest absolute Gasteiger partial charge is 0.508 e. The van der Waals surface area contributed by atoms with Gasteiger partial charge in [-0.25, -0.2) is 14.0 Å². The summed E-state index contributed by atoms with van der Waals surface area (Å²) >= 11 is 5.90. The molecule has 62 heavy (non-hydrogen) atoms. The number of phenols is 2. The normalized spacial score (nSPS) is 15.8. The molecule has 2 aliphatic heterocycles. The molecule has 0 radical (unpaired) electrons. The van der Waals surface area contributed by atoms with E-state index in [-0.39, 0.29) is 57.6 Å². The zero-order chi connectivity index (χ0) is 46.4. The molecule has 4 aromatic rings. The van der Waals surface area contributed by atoms with Gasteiger partial charge >= 0.3 is 24.3 Å². The van der Waals surface area contributed by atoms with E-state index in [4.69, 9.17) is 21.1 Å².